The highest BCUT2D eigenvalue weighted by atomic mass is 32.2. The van der Waals surface area contributed by atoms with Crippen LogP contribution in [0.4, 0.5) is 0 Å². The van der Waals surface area contributed by atoms with Crippen molar-refractivity contribution in [1.29, 1.82) is 0 Å². The highest BCUT2D eigenvalue weighted by Crippen LogP contribution is 2.02. The van der Waals surface area contributed by atoms with Gasteiger partial charge in [-0.15, -0.1) is 11.8 Å². The van der Waals surface area contributed by atoms with Crippen LogP contribution in [0.5, 0.6) is 0 Å². The van der Waals surface area contributed by atoms with Crippen LogP contribution in [0.1, 0.15) is 19.8 Å². The molecule has 12 heavy (non-hydrogen) atoms. The second kappa shape index (κ2) is 10.5. The molecule has 0 saturated carbocycles. The molecular weight excluding hydrogens is 166 g/mol. The standard InChI is InChI=1S/C10H17NS/c1-3-4-5-6-7-8-9-12-10-11-2/h4-7H,2-3,8-10H2,1H3/b5-4-,7-6-. The van der Waals surface area contributed by atoms with Crippen molar-refractivity contribution >= 4 is 18.5 Å². The second-order valence-electron chi connectivity index (χ2n) is 2.31. The Kier molecular flexibility index (Phi) is 10.1. The largest absolute Gasteiger partial charge is 0.290 e. The van der Waals surface area contributed by atoms with Gasteiger partial charge in [-0.3, -0.25) is 4.99 Å². The van der Waals surface area contributed by atoms with Crippen molar-refractivity contribution in [3.63, 3.8) is 0 Å². The minimum absolute atomic E-state index is 0.818. The Labute approximate surface area is 79.7 Å². The molecule has 0 bridgehead atoms. The van der Waals surface area contributed by atoms with Crippen molar-refractivity contribution in [2.24, 2.45) is 4.99 Å². The minimum atomic E-state index is 0.818. The summed E-state index contributed by atoms with van der Waals surface area (Å²) >= 11 is 1.81. The van der Waals surface area contributed by atoms with E-state index in [0.717, 1.165) is 24.5 Å². The maximum atomic E-state index is 3.76. The van der Waals surface area contributed by atoms with E-state index < -0.39 is 0 Å². The van der Waals surface area contributed by atoms with Gasteiger partial charge < -0.3 is 0 Å². The molecule has 0 aromatic heterocycles. The number of thioether (sulfide) groups is 1. The van der Waals surface area contributed by atoms with Gasteiger partial charge in [0.2, 0.25) is 0 Å². The van der Waals surface area contributed by atoms with Gasteiger partial charge in [0.25, 0.3) is 0 Å². The molecule has 0 fully saturated rings. The van der Waals surface area contributed by atoms with Gasteiger partial charge in [-0.25, -0.2) is 0 Å². The molecule has 0 unspecified atom stereocenters. The highest BCUT2D eigenvalue weighted by molar-refractivity contribution is 7.99. The van der Waals surface area contributed by atoms with Crippen LogP contribution in [0, 0.1) is 0 Å². The first-order valence-corrected chi connectivity index (χ1v) is 5.39. The van der Waals surface area contributed by atoms with E-state index in [1.54, 1.807) is 0 Å². The Bertz CT molecular complexity index is 150. The number of nitrogens with zero attached hydrogens (tertiary/aromatic N) is 1. The van der Waals surface area contributed by atoms with Crippen molar-refractivity contribution in [1.82, 2.24) is 0 Å². The molecule has 0 aliphatic heterocycles. The third-order valence-electron chi connectivity index (χ3n) is 1.23. The van der Waals surface area contributed by atoms with Gasteiger partial charge in [-0.05, 0) is 25.3 Å². The molecule has 2 heteroatoms. The van der Waals surface area contributed by atoms with E-state index in [0.29, 0.717) is 0 Å². The van der Waals surface area contributed by atoms with E-state index in [1.165, 1.54) is 0 Å². The number of hydrogen-bond donors (Lipinski definition) is 0. The first-order chi connectivity index (χ1) is 5.91. The third-order valence-corrected chi connectivity index (χ3v) is 2.12. The lowest BCUT2D eigenvalue weighted by atomic mass is 10.3. The molecule has 0 radical (unpaired) electrons. The lowest BCUT2D eigenvalue weighted by Gasteiger charge is -1.90. The fourth-order valence-corrected chi connectivity index (χ4v) is 1.23. The fourth-order valence-electron chi connectivity index (χ4n) is 0.670. The maximum Gasteiger partial charge on any atom is 0.0836 e. The van der Waals surface area contributed by atoms with Gasteiger partial charge in [0.15, 0.2) is 0 Å². The summed E-state index contributed by atoms with van der Waals surface area (Å²) in [6.45, 7) is 5.55. The van der Waals surface area contributed by atoms with Crippen molar-refractivity contribution < 1.29 is 0 Å². The molecular formula is C10H17NS. The Hall–Kier alpha value is -0.500. The van der Waals surface area contributed by atoms with E-state index >= 15 is 0 Å². The van der Waals surface area contributed by atoms with Crippen LogP contribution < -0.4 is 0 Å². The fraction of sp³-hybridized carbons (Fsp3) is 0.500. The predicted molar refractivity (Wildman–Crippen MR) is 60.1 cm³/mol. The summed E-state index contributed by atoms with van der Waals surface area (Å²) < 4.78 is 0. The molecule has 0 spiro atoms. The van der Waals surface area contributed by atoms with Crippen LogP contribution in [0.3, 0.4) is 0 Å². The molecule has 68 valence electrons. The molecule has 0 rings (SSSR count). The topological polar surface area (TPSA) is 12.4 Å². The van der Waals surface area contributed by atoms with Gasteiger partial charge >= 0.3 is 0 Å². The van der Waals surface area contributed by atoms with E-state index in [4.69, 9.17) is 0 Å². The SMILES string of the molecule is C=NCSCC/C=C\C=C/CC. The molecule has 0 N–H and O–H groups in total. The highest BCUT2D eigenvalue weighted by Gasteiger charge is 1.81. The maximum absolute atomic E-state index is 3.76. The summed E-state index contributed by atoms with van der Waals surface area (Å²) in [7, 11) is 0. The average molecular weight is 183 g/mol. The number of allylic oxidation sites excluding steroid dienone is 4. The van der Waals surface area contributed by atoms with Crippen molar-refractivity contribution in [2.75, 3.05) is 11.6 Å². The first kappa shape index (κ1) is 11.5. The zero-order valence-electron chi connectivity index (χ0n) is 7.70. The Morgan fingerprint density at radius 3 is 2.75 bits per heavy atom. The summed E-state index contributed by atoms with van der Waals surface area (Å²) in [5.41, 5.74) is 0. The van der Waals surface area contributed by atoms with E-state index in [-0.39, 0.29) is 0 Å². The molecule has 0 aromatic rings. The second-order valence-corrected chi connectivity index (χ2v) is 3.39. The lowest BCUT2D eigenvalue weighted by Crippen LogP contribution is -1.76. The first-order valence-electron chi connectivity index (χ1n) is 4.23. The molecule has 0 heterocycles. The Morgan fingerprint density at radius 1 is 1.33 bits per heavy atom. The van der Waals surface area contributed by atoms with Crippen LogP contribution in [0.2, 0.25) is 0 Å². The molecule has 0 amide bonds. The third kappa shape index (κ3) is 9.50. The van der Waals surface area contributed by atoms with Gasteiger partial charge in [-0.1, -0.05) is 31.2 Å². The Morgan fingerprint density at radius 2 is 2.08 bits per heavy atom. The zero-order chi connectivity index (χ0) is 9.07. The van der Waals surface area contributed by atoms with Crippen LogP contribution in [-0.4, -0.2) is 18.3 Å². The Balaban J connectivity index is 3.12. The molecule has 0 aromatic carbocycles. The van der Waals surface area contributed by atoms with Gasteiger partial charge in [-0.2, -0.15) is 0 Å². The van der Waals surface area contributed by atoms with E-state index in [9.17, 15) is 0 Å². The average Bonchev–Trinajstić information content (AvgIpc) is 2.10. The molecule has 1 nitrogen and oxygen atoms in total. The lowest BCUT2D eigenvalue weighted by molar-refractivity contribution is 1.21. The van der Waals surface area contributed by atoms with Crippen LogP contribution in [-0.2, 0) is 0 Å². The van der Waals surface area contributed by atoms with Gasteiger partial charge in [0.05, 0.1) is 5.88 Å². The van der Waals surface area contributed by atoms with Crippen molar-refractivity contribution in [3.8, 4) is 0 Å². The number of hydrogen-bond acceptors (Lipinski definition) is 2. The van der Waals surface area contributed by atoms with Gasteiger partial charge in [0, 0.05) is 0 Å². The van der Waals surface area contributed by atoms with Crippen molar-refractivity contribution in [2.45, 2.75) is 19.8 Å². The number of rotatable bonds is 7. The molecule has 0 aliphatic rings. The number of aliphatic imine (C=N–C) groups is 1. The van der Waals surface area contributed by atoms with Crippen LogP contribution in [0.15, 0.2) is 29.3 Å². The molecule has 0 atom stereocenters. The van der Waals surface area contributed by atoms with E-state index in [2.05, 4.69) is 42.9 Å². The normalized spacial score (nSPS) is 11.4. The monoisotopic (exact) mass is 183 g/mol. The summed E-state index contributed by atoms with van der Waals surface area (Å²) in [6, 6.07) is 0. The van der Waals surface area contributed by atoms with Crippen LogP contribution >= 0.6 is 11.8 Å². The summed E-state index contributed by atoms with van der Waals surface area (Å²) in [5.74, 6) is 1.95. The minimum Gasteiger partial charge on any atom is -0.290 e. The van der Waals surface area contributed by atoms with E-state index in [1.807, 2.05) is 11.8 Å². The quantitative estimate of drug-likeness (QED) is 0.335. The zero-order valence-corrected chi connectivity index (χ0v) is 8.52. The predicted octanol–water partition coefficient (Wildman–Crippen LogP) is 3.29. The van der Waals surface area contributed by atoms with Crippen molar-refractivity contribution in [3.05, 3.63) is 24.3 Å². The molecule has 0 saturated heterocycles. The summed E-state index contributed by atoms with van der Waals surface area (Å²) in [4.78, 5) is 3.76. The smallest absolute Gasteiger partial charge is 0.0836 e. The van der Waals surface area contributed by atoms with Gasteiger partial charge in [0.1, 0.15) is 0 Å². The van der Waals surface area contributed by atoms with Crippen LogP contribution in [0.25, 0.3) is 0 Å². The summed E-state index contributed by atoms with van der Waals surface area (Å²) in [5, 5.41) is 0. The molecule has 0 aliphatic carbocycles. The summed E-state index contributed by atoms with van der Waals surface area (Å²) in [6.07, 6.45) is 10.8.